The molecule has 0 spiro atoms. The Kier molecular flexibility index (Phi) is 5.77. The van der Waals surface area contributed by atoms with Crippen LogP contribution in [-0.4, -0.2) is 30.3 Å². The van der Waals surface area contributed by atoms with E-state index >= 15 is 0 Å². The number of nitrogens with one attached hydrogen (secondary N) is 2. The first kappa shape index (κ1) is 15.2. The molecule has 0 aromatic heterocycles. The zero-order valence-electron chi connectivity index (χ0n) is 12.5. The van der Waals surface area contributed by atoms with E-state index in [1.54, 1.807) is 0 Å². The Labute approximate surface area is 126 Å². The molecule has 0 radical (unpaired) electrons. The molecular formula is C16H25N3S. The molecule has 1 aliphatic carbocycles. The highest BCUT2D eigenvalue weighted by Crippen LogP contribution is 2.51. The van der Waals surface area contributed by atoms with Crippen molar-refractivity contribution in [3.05, 3.63) is 30.3 Å². The van der Waals surface area contributed by atoms with Crippen LogP contribution in [0.25, 0.3) is 0 Å². The second kappa shape index (κ2) is 7.58. The van der Waals surface area contributed by atoms with Crippen molar-refractivity contribution in [3.63, 3.8) is 0 Å². The summed E-state index contributed by atoms with van der Waals surface area (Å²) < 4.78 is 0.329. The maximum absolute atomic E-state index is 4.75. The van der Waals surface area contributed by atoms with Crippen LogP contribution in [-0.2, 0) is 0 Å². The van der Waals surface area contributed by atoms with Crippen LogP contribution in [0.2, 0.25) is 0 Å². The number of aliphatic imine (C=N–C) groups is 1. The van der Waals surface area contributed by atoms with Gasteiger partial charge in [-0.3, -0.25) is 4.99 Å². The van der Waals surface area contributed by atoms with Crippen molar-refractivity contribution >= 4 is 17.7 Å². The van der Waals surface area contributed by atoms with Crippen molar-refractivity contribution in [3.8, 4) is 0 Å². The van der Waals surface area contributed by atoms with E-state index in [1.807, 2.05) is 11.8 Å². The van der Waals surface area contributed by atoms with Gasteiger partial charge in [0.25, 0.3) is 0 Å². The van der Waals surface area contributed by atoms with Gasteiger partial charge in [-0.05, 0) is 38.3 Å². The van der Waals surface area contributed by atoms with Gasteiger partial charge in [-0.15, -0.1) is 11.8 Å². The monoisotopic (exact) mass is 291 g/mol. The molecule has 20 heavy (non-hydrogen) atoms. The van der Waals surface area contributed by atoms with Crippen LogP contribution < -0.4 is 10.6 Å². The minimum atomic E-state index is 0.329. The molecule has 1 aromatic rings. The third kappa shape index (κ3) is 4.75. The largest absolute Gasteiger partial charge is 0.357 e. The average molecular weight is 291 g/mol. The van der Waals surface area contributed by atoms with Crippen molar-refractivity contribution in [1.82, 2.24) is 10.6 Å². The second-order valence-corrected chi connectivity index (χ2v) is 6.76. The van der Waals surface area contributed by atoms with Crippen LogP contribution in [0.3, 0.4) is 0 Å². The molecule has 4 heteroatoms. The zero-order chi connectivity index (χ0) is 14.3. The number of hydrogen-bond acceptors (Lipinski definition) is 2. The maximum atomic E-state index is 4.75. The first-order chi connectivity index (χ1) is 9.78. The SMILES string of the molecule is CCCNC(=NCC1(Sc2ccccc2)CC1)NCC. The van der Waals surface area contributed by atoms with Gasteiger partial charge in [-0.2, -0.15) is 0 Å². The molecule has 0 atom stereocenters. The van der Waals surface area contributed by atoms with Gasteiger partial charge >= 0.3 is 0 Å². The summed E-state index contributed by atoms with van der Waals surface area (Å²) in [5.74, 6) is 0.953. The fourth-order valence-electron chi connectivity index (χ4n) is 1.98. The Balaban J connectivity index is 1.90. The zero-order valence-corrected chi connectivity index (χ0v) is 13.3. The second-order valence-electron chi connectivity index (χ2n) is 5.22. The first-order valence-electron chi connectivity index (χ1n) is 7.54. The van der Waals surface area contributed by atoms with Gasteiger partial charge in [0.15, 0.2) is 5.96 Å². The van der Waals surface area contributed by atoms with Crippen molar-refractivity contribution in [2.45, 2.75) is 42.8 Å². The Morgan fingerprint density at radius 2 is 1.95 bits per heavy atom. The smallest absolute Gasteiger partial charge is 0.191 e. The van der Waals surface area contributed by atoms with E-state index in [4.69, 9.17) is 4.99 Å². The lowest BCUT2D eigenvalue weighted by Crippen LogP contribution is -2.38. The van der Waals surface area contributed by atoms with Crippen molar-refractivity contribution in [2.24, 2.45) is 4.99 Å². The molecule has 2 N–H and O–H groups in total. The average Bonchev–Trinajstić information content (AvgIpc) is 3.23. The van der Waals surface area contributed by atoms with E-state index in [9.17, 15) is 0 Å². The lowest BCUT2D eigenvalue weighted by Gasteiger charge is -2.15. The highest BCUT2D eigenvalue weighted by Gasteiger charge is 2.43. The Bertz CT molecular complexity index is 427. The molecule has 0 saturated heterocycles. The molecule has 1 saturated carbocycles. The van der Waals surface area contributed by atoms with E-state index in [0.717, 1.165) is 32.0 Å². The van der Waals surface area contributed by atoms with Gasteiger partial charge < -0.3 is 10.6 Å². The quantitative estimate of drug-likeness (QED) is 0.598. The first-order valence-corrected chi connectivity index (χ1v) is 8.36. The molecule has 1 aromatic carbocycles. The summed E-state index contributed by atoms with van der Waals surface area (Å²) in [4.78, 5) is 6.11. The normalized spacial score (nSPS) is 16.8. The van der Waals surface area contributed by atoms with Crippen LogP contribution in [0, 0.1) is 0 Å². The predicted molar refractivity (Wildman–Crippen MR) is 88.5 cm³/mol. The number of benzene rings is 1. The minimum Gasteiger partial charge on any atom is -0.357 e. The summed E-state index contributed by atoms with van der Waals surface area (Å²) in [6, 6.07) is 10.7. The summed E-state index contributed by atoms with van der Waals surface area (Å²) >= 11 is 1.98. The molecule has 0 heterocycles. The minimum absolute atomic E-state index is 0.329. The molecular weight excluding hydrogens is 266 g/mol. The van der Waals surface area contributed by atoms with Gasteiger partial charge in [-0.25, -0.2) is 0 Å². The standard InChI is InChI=1S/C16H25N3S/c1-3-12-18-15(17-4-2)19-13-16(10-11-16)20-14-8-6-5-7-9-14/h5-9H,3-4,10-13H2,1-2H3,(H2,17,18,19). The van der Waals surface area contributed by atoms with Crippen LogP contribution in [0.15, 0.2) is 40.2 Å². The fraction of sp³-hybridized carbons (Fsp3) is 0.562. The Morgan fingerprint density at radius 3 is 2.55 bits per heavy atom. The molecule has 0 bridgehead atoms. The number of thioether (sulfide) groups is 1. The number of hydrogen-bond donors (Lipinski definition) is 2. The maximum Gasteiger partial charge on any atom is 0.191 e. The Hall–Kier alpha value is -1.16. The molecule has 110 valence electrons. The van der Waals surface area contributed by atoms with E-state index in [-0.39, 0.29) is 0 Å². The highest BCUT2D eigenvalue weighted by molar-refractivity contribution is 8.01. The van der Waals surface area contributed by atoms with Gasteiger partial charge in [0, 0.05) is 22.7 Å². The third-order valence-electron chi connectivity index (χ3n) is 3.30. The molecule has 0 amide bonds. The number of guanidine groups is 1. The van der Waals surface area contributed by atoms with Crippen LogP contribution in [0.5, 0.6) is 0 Å². The van der Waals surface area contributed by atoms with Crippen molar-refractivity contribution < 1.29 is 0 Å². The lowest BCUT2D eigenvalue weighted by atomic mass is 10.4. The third-order valence-corrected chi connectivity index (χ3v) is 4.78. The summed E-state index contributed by atoms with van der Waals surface area (Å²) in [6.45, 7) is 7.06. The van der Waals surface area contributed by atoms with Crippen molar-refractivity contribution in [1.29, 1.82) is 0 Å². The van der Waals surface area contributed by atoms with Crippen LogP contribution in [0.4, 0.5) is 0 Å². The molecule has 3 nitrogen and oxygen atoms in total. The summed E-state index contributed by atoms with van der Waals surface area (Å²) in [5, 5.41) is 6.68. The van der Waals surface area contributed by atoms with Gasteiger partial charge in [0.2, 0.25) is 0 Å². The molecule has 1 fully saturated rings. The van der Waals surface area contributed by atoms with E-state index in [1.165, 1.54) is 17.7 Å². The van der Waals surface area contributed by atoms with Gasteiger partial charge in [0.1, 0.15) is 0 Å². The predicted octanol–water partition coefficient (Wildman–Crippen LogP) is 3.28. The van der Waals surface area contributed by atoms with Gasteiger partial charge in [0.05, 0.1) is 6.54 Å². The summed E-state index contributed by atoms with van der Waals surface area (Å²) in [5.41, 5.74) is 0. The van der Waals surface area contributed by atoms with Crippen molar-refractivity contribution in [2.75, 3.05) is 19.6 Å². The summed E-state index contributed by atoms with van der Waals surface area (Å²) in [7, 11) is 0. The fourth-order valence-corrected chi connectivity index (χ4v) is 3.21. The highest BCUT2D eigenvalue weighted by atomic mass is 32.2. The summed E-state index contributed by atoms with van der Waals surface area (Å²) in [6.07, 6.45) is 3.65. The molecule has 0 unspecified atom stereocenters. The van der Waals surface area contributed by atoms with E-state index < -0.39 is 0 Å². The molecule has 1 aliphatic rings. The van der Waals surface area contributed by atoms with Crippen LogP contribution in [0.1, 0.15) is 33.1 Å². The molecule has 2 rings (SSSR count). The van der Waals surface area contributed by atoms with E-state index in [0.29, 0.717) is 4.75 Å². The Morgan fingerprint density at radius 1 is 1.20 bits per heavy atom. The number of nitrogens with zero attached hydrogens (tertiary/aromatic N) is 1. The number of rotatable bonds is 7. The van der Waals surface area contributed by atoms with Crippen LogP contribution >= 0.6 is 11.8 Å². The molecule has 0 aliphatic heterocycles. The topological polar surface area (TPSA) is 36.4 Å². The van der Waals surface area contributed by atoms with E-state index in [2.05, 4.69) is 54.8 Å². The van der Waals surface area contributed by atoms with Gasteiger partial charge in [-0.1, -0.05) is 25.1 Å². The lowest BCUT2D eigenvalue weighted by molar-refractivity contribution is 0.777.